The fraction of sp³-hybridized carbons (Fsp3) is 0.235. The largest absolute Gasteiger partial charge is 0.308 e. The summed E-state index contributed by atoms with van der Waals surface area (Å²) in [6.07, 6.45) is 0.719. The molecular weight excluding hydrogens is 344 g/mol. The lowest BCUT2D eigenvalue weighted by Crippen LogP contribution is -2.29. The molecule has 0 fully saturated rings. The lowest BCUT2D eigenvalue weighted by molar-refractivity contribution is 0.592. The molecule has 1 aliphatic rings. The Balaban J connectivity index is 1.84. The minimum absolute atomic E-state index is 0.0615. The SMILES string of the molecule is CCn1c(=O)sc2cc(S(=O)(=O)N3CCc4ccccc43)ccc21. The van der Waals surface area contributed by atoms with Crippen molar-refractivity contribution in [3.05, 3.63) is 57.7 Å². The minimum atomic E-state index is -3.63. The summed E-state index contributed by atoms with van der Waals surface area (Å²) in [6.45, 7) is 2.93. The molecule has 3 aromatic rings. The van der Waals surface area contributed by atoms with Crippen molar-refractivity contribution in [2.75, 3.05) is 10.8 Å². The number of benzene rings is 2. The second-order valence-electron chi connectivity index (χ2n) is 5.70. The van der Waals surface area contributed by atoms with Gasteiger partial charge in [0.05, 0.1) is 20.8 Å². The highest BCUT2D eigenvalue weighted by Crippen LogP contribution is 2.33. The van der Waals surface area contributed by atoms with Crippen LogP contribution in [-0.2, 0) is 23.0 Å². The van der Waals surface area contributed by atoms with E-state index in [1.807, 2.05) is 31.2 Å². The van der Waals surface area contributed by atoms with Gasteiger partial charge in [-0.1, -0.05) is 29.5 Å². The molecule has 2 heterocycles. The van der Waals surface area contributed by atoms with Crippen LogP contribution in [0.4, 0.5) is 5.69 Å². The van der Waals surface area contributed by atoms with Crippen LogP contribution in [0.2, 0.25) is 0 Å². The summed E-state index contributed by atoms with van der Waals surface area (Å²) >= 11 is 1.09. The highest BCUT2D eigenvalue weighted by molar-refractivity contribution is 7.92. The van der Waals surface area contributed by atoms with E-state index in [1.165, 1.54) is 4.31 Å². The summed E-state index contributed by atoms with van der Waals surface area (Å²) in [7, 11) is -3.63. The predicted molar refractivity (Wildman–Crippen MR) is 96.4 cm³/mol. The smallest absolute Gasteiger partial charge is 0.299 e. The molecule has 0 saturated heterocycles. The van der Waals surface area contributed by atoms with Crippen molar-refractivity contribution >= 4 is 37.3 Å². The molecule has 0 saturated carbocycles. The number of anilines is 1. The van der Waals surface area contributed by atoms with Crippen LogP contribution in [0.1, 0.15) is 12.5 Å². The molecular formula is C17H16N2O3S2. The Labute approximate surface area is 143 Å². The first kappa shape index (κ1) is 15.4. The number of aromatic nitrogens is 1. The quantitative estimate of drug-likeness (QED) is 0.722. The minimum Gasteiger partial charge on any atom is -0.299 e. The fourth-order valence-electron chi connectivity index (χ4n) is 3.19. The topological polar surface area (TPSA) is 59.4 Å². The molecule has 0 atom stereocenters. The van der Waals surface area contributed by atoms with E-state index in [0.29, 0.717) is 17.8 Å². The average molecular weight is 360 g/mol. The van der Waals surface area contributed by atoms with Gasteiger partial charge >= 0.3 is 4.87 Å². The first-order chi connectivity index (χ1) is 11.5. The van der Waals surface area contributed by atoms with Gasteiger partial charge in [-0.3, -0.25) is 13.7 Å². The molecule has 0 radical (unpaired) electrons. The Morgan fingerprint density at radius 1 is 1.17 bits per heavy atom. The van der Waals surface area contributed by atoms with Crippen LogP contribution in [0.3, 0.4) is 0 Å². The Hall–Kier alpha value is -2.12. The first-order valence-electron chi connectivity index (χ1n) is 7.76. The van der Waals surface area contributed by atoms with Crippen molar-refractivity contribution in [1.82, 2.24) is 4.57 Å². The van der Waals surface area contributed by atoms with E-state index < -0.39 is 10.0 Å². The van der Waals surface area contributed by atoms with Gasteiger partial charge in [-0.05, 0) is 43.2 Å². The number of hydrogen-bond acceptors (Lipinski definition) is 4. The van der Waals surface area contributed by atoms with E-state index in [1.54, 1.807) is 22.8 Å². The highest BCUT2D eigenvalue weighted by atomic mass is 32.2. The summed E-state index contributed by atoms with van der Waals surface area (Å²) < 4.78 is 29.9. The van der Waals surface area contributed by atoms with Crippen molar-refractivity contribution < 1.29 is 8.42 Å². The van der Waals surface area contributed by atoms with Crippen LogP contribution in [0.15, 0.2) is 52.2 Å². The first-order valence-corrected chi connectivity index (χ1v) is 10.0. The zero-order valence-corrected chi connectivity index (χ0v) is 14.7. The molecule has 0 aliphatic carbocycles. The Bertz CT molecular complexity index is 1100. The lowest BCUT2D eigenvalue weighted by Gasteiger charge is -2.19. The van der Waals surface area contributed by atoms with Gasteiger partial charge in [-0.2, -0.15) is 0 Å². The van der Waals surface area contributed by atoms with Crippen LogP contribution >= 0.6 is 11.3 Å². The van der Waals surface area contributed by atoms with Gasteiger partial charge in [0.25, 0.3) is 10.0 Å². The second kappa shape index (κ2) is 5.46. The Morgan fingerprint density at radius 2 is 1.96 bits per heavy atom. The van der Waals surface area contributed by atoms with Crippen LogP contribution in [0.5, 0.6) is 0 Å². The van der Waals surface area contributed by atoms with Gasteiger partial charge in [-0.25, -0.2) is 8.42 Å². The zero-order chi connectivity index (χ0) is 16.9. The summed E-state index contributed by atoms with van der Waals surface area (Å²) in [5.74, 6) is 0. The van der Waals surface area contributed by atoms with Crippen LogP contribution < -0.4 is 9.18 Å². The third kappa shape index (κ3) is 2.19. The molecule has 24 heavy (non-hydrogen) atoms. The number of rotatable bonds is 3. The van der Waals surface area contributed by atoms with Gasteiger partial charge in [0.1, 0.15) is 0 Å². The standard InChI is InChI=1S/C17H16N2O3S2/c1-2-18-15-8-7-13(11-16(15)23-17(18)20)24(21,22)19-10-9-12-5-3-4-6-14(12)19/h3-8,11H,2,9-10H2,1H3. The number of aryl methyl sites for hydroxylation is 1. The van der Waals surface area contributed by atoms with Crippen molar-refractivity contribution in [3.63, 3.8) is 0 Å². The summed E-state index contributed by atoms with van der Waals surface area (Å²) in [5.41, 5.74) is 2.58. The molecule has 1 aliphatic heterocycles. The molecule has 0 amide bonds. The van der Waals surface area contributed by atoms with Crippen LogP contribution in [0.25, 0.3) is 10.2 Å². The number of fused-ring (bicyclic) bond motifs is 2. The maximum absolute atomic E-state index is 13.0. The van der Waals surface area contributed by atoms with Gasteiger partial charge in [0.2, 0.25) is 0 Å². The average Bonchev–Trinajstić information content (AvgIpc) is 3.14. The summed E-state index contributed by atoms with van der Waals surface area (Å²) in [5, 5.41) is 0. The molecule has 4 rings (SSSR count). The maximum Gasteiger partial charge on any atom is 0.308 e. The van der Waals surface area contributed by atoms with E-state index in [4.69, 9.17) is 0 Å². The predicted octanol–water partition coefficient (Wildman–Crippen LogP) is 2.83. The zero-order valence-electron chi connectivity index (χ0n) is 13.1. The Kier molecular flexibility index (Phi) is 3.51. The number of para-hydroxylation sites is 1. The number of nitrogens with zero attached hydrogens (tertiary/aromatic N) is 2. The molecule has 2 aromatic carbocycles. The Morgan fingerprint density at radius 3 is 2.75 bits per heavy atom. The van der Waals surface area contributed by atoms with E-state index >= 15 is 0 Å². The van der Waals surface area contributed by atoms with Crippen molar-refractivity contribution in [3.8, 4) is 0 Å². The molecule has 7 heteroatoms. The molecule has 0 N–H and O–H groups in total. The number of thiazole rings is 1. The van der Waals surface area contributed by atoms with Crippen LogP contribution in [-0.4, -0.2) is 19.5 Å². The molecule has 5 nitrogen and oxygen atoms in total. The molecule has 0 unspecified atom stereocenters. The van der Waals surface area contributed by atoms with Crippen molar-refractivity contribution in [2.45, 2.75) is 24.8 Å². The van der Waals surface area contributed by atoms with Gasteiger partial charge < -0.3 is 0 Å². The highest BCUT2D eigenvalue weighted by Gasteiger charge is 2.30. The summed E-state index contributed by atoms with van der Waals surface area (Å²) in [4.78, 5) is 12.1. The third-order valence-electron chi connectivity index (χ3n) is 4.39. The van der Waals surface area contributed by atoms with Crippen LogP contribution in [0, 0.1) is 0 Å². The normalized spacial score (nSPS) is 14.3. The van der Waals surface area contributed by atoms with Gasteiger partial charge in [0.15, 0.2) is 0 Å². The van der Waals surface area contributed by atoms with E-state index in [9.17, 15) is 13.2 Å². The maximum atomic E-state index is 13.0. The number of hydrogen-bond donors (Lipinski definition) is 0. The van der Waals surface area contributed by atoms with Crippen molar-refractivity contribution in [1.29, 1.82) is 0 Å². The molecule has 0 bridgehead atoms. The lowest BCUT2D eigenvalue weighted by atomic mass is 10.2. The summed E-state index contributed by atoms with van der Waals surface area (Å²) in [6, 6.07) is 12.5. The molecule has 1 aromatic heterocycles. The second-order valence-corrected chi connectivity index (χ2v) is 8.55. The van der Waals surface area contributed by atoms with Gasteiger partial charge in [0, 0.05) is 13.1 Å². The fourth-order valence-corrected chi connectivity index (χ4v) is 5.79. The van der Waals surface area contributed by atoms with E-state index in [2.05, 4.69) is 0 Å². The molecule has 0 spiro atoms. The third-order valence-corrected chi connectivity index (χ3v) is 7.14. The van der Waals surface area contributed by atoms with Gasteiger partial charge in [-0.15, -0.1) is 0 Å². The monoisotopic (exact) mass is 360 g/mol. The van der Waals surface area contributed by atoms with E-state index in [-0.39, 0.29) is 9.77 Å². The molecule has 124 valence electrons. The van der Waals surface area contributed by atoms with Crippen molar-refractivity contribution in [2.24, 2.45) is 0 Å². The van der Waals surface area contributed by atoms with E-state index in [0.717, 1.165) is 34.5 Å². The number of sulfonamides is 1.